The van der Waals surface area contributed by atoms with Gasteiger partial charge in [0.2, 0.25) is 0 Å². The van der Waals surface area contributed by atoms with Crippen molar-refractivity contribution >= 4 is 22.9 Å². The van der Waals surface area contributed by atoms with Crippen LogP contribution in [0, 0.1) is 0 Å². The summed E-state index contributed by atoms with van der Waals surface area (Å²) in [6.45, 7) is -1.20. The number of carbonyl (C=O) groups excluding carboxylic acids is 1. The molecule has 1 saturated carbocycles. The highest BCUT2D eigenvalue weighted by molar-refractivity contribution is 7.12. The predicted octanol–water partition coefficient (Wildman–Crippen LogP) is 2.50. The van der Waals surface area contributed by atoms with E-state index in [-0.39, 0.29) is 16.6 Å². The number of rotatable bonds is 3. The summed E-state index contributed by atoms with van der Waals surface area (Å²) in [5.41, 5.74) is 5.79. The first kappa shape index (κ1) is 12.2. The van der Waals surface area contributed by atoms with Gasteiger partial charge in [-0.2, -0.15) is 13.2 Å². The van der Waals surface area contributed by atoms with Crippen LogP contribution >= 0.6 is 11.3 Å². The molecule has 1 amide bonds. The average Bonchev–Trinajstić information content (AvgIpc) is 2.96. The van der Waals surface area contributed by atoms with Crippen molar-refractivity contribution in [1.82, 2.24) is 4.90 Å². The molecule has 1 aliphatic carbocycles. The largest absolute Gasteiger partial charge is 0.406 e. The number of alkyl halides is 3. The maximum atomic E-state index is 12.4. The second-order valence-electron chi connectivity index (χ2n) is 3.98. The van der Waals surface area contributed by atoms with Gasteiger partial charge in [-0.05, 0) is 24.3 Å². The number of anilines is 1. The minimum absolute atomic E-state index is 0.196. The highest BCUT2D eigenvalue weighted by Gasteiger charge is 2.41. The van der Waals surface area contributed by atoms with Crippen LogP contribution in [0.5, 0.6) is 0 Å². The van der Waals surface area contributed by atoms with Gasteiger partial charge in [0.25, 0.3) is 5.91 Å². The number of hydrogen-bond donors (Lipinski definition) is 1. The fraction of sp³-hybridized carbons (Fsp3) is 0.500. The van der Waals surface area contributed by atoms with Crippen LogP contribution in [0.3, 0.4) is 0 Å². The van der Waals surface area contributed by atoms with E-state index in [2.05, 4.69) is 0 Å². The van der Waals surface area contributed by atoms with Crippen LogP contribution in [0.25, 0.3) is 0 Å². The van der Waals surface area contributed by atoms with Crippen LogP contribution in [-0.4, -0.2) is 29.6 Å². The molecule has 17 heavy (non-hydrogen) atoms. The van der Waals surface area contributed by atoms with E-state index in [0.29, 0.717) is 12.8 Å². The van der Waals surface area contributed by atoms with Gasteiger partial charge < -0.3 is 10.6 Å². The van der Waals surface area contributed by atoms with E-state index in [1.807, 2.05) is 0 Å². The first-order chi connectivity index (χ1) is 7.88. The van der Waals surface area contributed by atoms with Gasteiger partial charge >= 0.3 is 6.18 Å². The Kier molecular flexibility index (Phi) is 3.03. The van der Waals surface area contributed by atoms with Crippen LogP contribution < -0.4 is 5.73 Å². The van der Waals surface area contributed by atoms with Gasteiger partial charge in [-0.15, -0.1) is 11.3 Å². The third-order valence-corrected chi connectivity index (χ3v) is 3.41. The van der Waals surface area contributed by atoms with Crippen LogP contribution in [-0.2, 0) is 0 Å². The van der Waals surface area contributed by atoms with Gasteiger partial charge in [0.05, 0.1) is 5.69 Å². The summed E-state index contributed by atoms with van der Waals surface area (Å²) in [5.74, 6) is -0.614. The SMILES string of the molecule is Nc1ccsc1C(=O)N(CC(F)(F)F)C1CC1. The van der Waals surface area contributed by atoms with E-state index in [1.54, 1.807) is 5.38 Å². The maximum absolute atomic E-state index is 12.4. The Balaban J connectivity index is 2.17. The molecule has 3 nitrogen and oxygen atoms in total. The highest BCUT2D eigenvalue weighted by atomic mass is 32.1. The van der Waals surface area contributed by atoms with E-state index in [1.165, 1.54) is 6.07 Å². The molecule has 2 N–H and O–H groups in total. The lowest BCUT2D eigenvalue weighted by atomic mass is 10.3. The van der Waals surface area contributed by atoms with E-state index >= 15 is 0 Å². The minimum Gasteiger partial charge on any atom is -0.397 e. The Morgan fingerprint density at radius 3 is 2.59 bits per heavy atom. The quantitative estimate of drug-likeness (QED) is 0.911. The zero-order valence-electron chi connectivity index (χ0n) is 8.83. The van der Waals surface area contributed by atoms with Crippen molar-refractivity contribution < 1.29 is 18.0 Å². The fourth-order valence-electron chi connectivity index (χ4n) is 1.57. The molecule has 1 heterocycles. The second kappa shape index (κ2) is 4.21. The summed E-state index contributed by atoms with van der Waals surface area (Å²) in [6, 6.07) is 1.24. The van der Waals surface area contributed by atoms with Gasteiger partial charge in [-0.3, -0.25) is 4.79 Å². The molecule has 0 atom stereocenters. The number of nitrogens with two attached hydrogens (primary N) is 1. The second-order valence-corrected chi connectivity index (χ2v) is 4.90. The van der Waals surface area contributed by atoms with Crippen LogP contribution in [0.4, 0.5) is 18.9 Å². The molecule has 0 aromatic carbocycles. The number of thiophene rings is 1. The van der Waals surface area contributed by atoms with Crippen molar-refractivity contribution in [3.05, 3.63) is 16.3 Å². The first-order valence-electron chi connectivity index (χ1n) is 5.09. The van der Waals surface area contributed by atoms with Crippen molar-refractivity contribution in [3.8, 4) is 0 Å². The monoisotopic (exact) mass is 264 g/mol. The number of carbonyl (C=O) groups is 1. The molecule has 0 bridgehead atoms. The molecule has 1 aromatic rings. The van der Waals surface area contributed by atoms with Crippen molar-refractivity contribution in [2.45, 2.75) is 25.1 Å². The minimum atomic E-state index is -4.37. The van der Waals surface area contributed by atoms with Gasteiger partial charge in [-0.1, -0.05) is 0 Å². The van der Waals surface area contributed by atoms with Crippen molar-refractivity contribution in [2.24, 2.45) is 0 Å². The zero-order chi connectivity index (χ0) is 12.6. The molecule has 0 radical (unpaired) electrons. The summed E-state index contributed by atoms with van der Waals surface area (Å²) in [4.78, 5) is 13.0. The number of halogens is 3. The summed E-state index contributed by atoms with van der Waals surface area (Å²) in [7, 11) is 0. The lowest BCUT2D eigenvalue weighted by molar-refractivity contribution is -0.141. The third-order valence-electron chi connectivity index (χ3n) is 2.49. The molecule has 94 valence electrons. The van der Waals surface area contributed by atoms with E-state index < -0.39 is 18.6 Å². The maximum Gasteiger partial charge on any atom is 0.406 e. The Morgan fingerprint density at radius 2 is 2.18 bits per heavy atom. The van der Waals surface area contributed by atoms with Crippen molar-refractivity contribution in [2.75, 3.05) is 12.3 Å². The lowest BCUT2D eigenvalue weighted by Gasteiger charge is -2.23. The number of amides is 1. The summed E-state index contributed by atoms with van der Waals surface area (Å²) in [5, 5.41) is 1.60. The van der Waals surface area contributed by atoms with Gasteiger partial charge in [-0.25, -0.2) is 0 Å². The van der Waals surface area contributed by atoms with Crippen molar-refractivity contribution in [3.63, 3.8) is 0 Å². The molecule has 1 aromatic heterocycles. The van der Waals surface area contributed by atoms with E-state index in [0.717, 1.165) is 16.2 Å². The molecule has 0 aliphatic heterocycles. The molecule has 0 spiro atoms. The van der Waals surface area contributed by atoms with Gasteiger partial charge in [0.1, 0.15) is 11.4 Å². The van der Waals surface area contributed by atoms with Gasteiger partial charge in [0, 0.05) is 6.04 Å². The van der Waals surface area contributed by atoms with E-state index in [4.69, 9.17) is 5.73 Å². The number of nitrogens with zero attached hydrogens (tertiary/aromatic N) is 1. The van der Waals surface area contributed by atoms with Crippen LogP contribution in [0.2, 0.25) is 0 Å². The lowest BCUT2D eigenvalue weighted by Crippen LogP contribution is -2.40. The molecular weight excluding hydrogens is 253 g/mol. The predicted molar refractivity (Wildman–Crippen MR) is 58.8 cm³/mol. The Morgan fingerprint density at radius 1 is 1.53 bits per heavy atom. The third kappa shape index (κ3) is 2.91. The molecule has 2 rings (SSSR count). The van der Waals surface area contributed by atoms with Crippen LogP contribution in [0.15, 0.2) is 11.4 Å². The first-order valence-corrected chi connectivity index (χ1v) is 5.97. The highest BCUT2D eigenvalue weighted by Crippen LogP contribution is 2.33. The number of nitrogen functional groups attached to an aromatic ring is 1. The summed E-state index contributed by atoms with van der Waals surface area (Å²) < 4.78 is 37.1. The number of hydrogen-bond acceptors (Lipinski definition) is 3. The van der Waals surface area contributed by atoms with Gasteiger partial charge in [0.15, 0.2) is 0 Å². The molecule has 0 unspecified atom stereocenters. The summed E-state index contributed by atoms with van der Waals surface area (Å²) >= 11 is 1.07. The Hall–Kier alpha value is -1.24. The smallest absolute Gasteiger partial charge is 0.397 e. The Bertz CT molecular complexity index is 425. The fourth-order valence-corrected chi connectivity index (χ4v) is 2.34. The Labute approximate surface area is 100 Å². The standard InChI is InChI=1S/C10H11F3N2OS/c11-10(12,13)5-15(6-1-2-6)9(16)8-7(14)3-4-17-8/h3-4,6H,1-2,5,14H2. The molecular formula is C10H11F3N2OS. The average molecular weight is 264 g/mol. The molecule has 1 fully saturated rings. The summed E-state index contributed by atoms with van der Waals surface area (Å²) in [6.07, 6.45) is -3.11. The van der Waals surface area contributed by atoms with E-state index in [9.17, 15) is 18.0 Å². The van der Waals surface area contributed by atoms with Crippen LogP contribution in [0.1, 0.15) is 22.5 Å². The molecule has 1 aliphatic rings. The topological polar surface area (TPSA) is 46.3 Å². The zero-order valence-corrected chi connectivity index (χ0v) is 9.64. The molecule has 0 saturated heterocycles. The molecule has 7 heteroatoms. The van der Waals surface area contributed by atoms with Crippen molar-refractivity contribution in [1.29, 1.82) is 0 Å². The normalized spacial score (nSPS) is 15.9.